The Labute approximate surface area is 92.7 Å². The molecule has 0 aromatic rings. The Morgan fingerprint density at radius 2 is 1.93 bits per heavy atom. The minimum atomic E-state index is -0.0675. The SMILES string of the molecule is C[C@H]1CC[C@@H](O)[C@@H]2CC[C@@H]([C@@H](C)CO)C21. The lowest BCUT2D eigenvalue weighted by molar-refractivity contribution is -0.00131. The predicted molar refractivity (Wildman–Crippen MR) is 60.4 cm³/mol. The molecule has 2 aliphatic rings. The van der Waals surface area contributed by atoms with Gasteiger partial charge in [-0.05, 0) is 55.3 Å². The summed E-state index contributed by atoms with van der Waals surface area (Å²) in [4.78, 5) is 0. The Balaban J connectivity index is 2.11. The molecule has 2 heteroatoms. The van der Waals surface area contributed by atoms with E-state index in [1.807, 2.05) is 0 Å². The Kier molecular flexibility index (Phi) is 3.36. The van der Waals surface area contributed by atoms with Crippen LogP contribution in [0.4, 0.5) is 0 Å². The van der Waals surface area contributed by atoms with E-state index < -0.39 is 0 Å². The number of aliphatic hydroxyl groups excluding tert-OH is 2. The molecule has 0 bridgehead atoms. The van der Waals surface area contributed by atoms with Crippen molar-refractivity contribution in [1.82, 2.24) is 0 Å². The fourth-order valence-corrected chi connectivity index (χ4v) is 4.02. The molecule has 2 rings (SSSR count). The summed E-state index contributed by atoms with van der Waals surface area (Å²) in [6, 6.07) is 0. The maximum atomic E-state index is 10.0. The lowest BCUT2D eigenvalue weighted by Gasteiger charge is -2.39. The van der Waals surface area contributed by atoms with E-state index >= 15 is 0 Å². The van der Waals surface area contributed by atoms with Gasteiger partial charge in [0.25, 0.3) is 0 Å². The predicted octanol–water partition coefficient (Wildman–Crippen LogP) is 2.05. The van der Waals surface area contributed by atoms with E-state index in [-0.39, 0.29) is 6.10 Å². The molecular weight excluding hydrogens is 188 g/mol. The summed E-state index contributed by atoms with van der Waals surface area (Å²) < 4.78 is 0. The Morgan fingerprint density at radius 1 is 1.20 bits per heavy atom. The van der Waals surface area contributed by atoms with Crippen molar-refractivity contribution in [3.05, 3.63) is 0 Å². The second-order valence-electron chi connectivity index (χ2n) is 5.76. The minimum Gasteiger partial charge on any atom is -0.396 e. The molecule has 0 aliphatic heterocycles. The van der Waals surface area contributed by atoms with E-state index in [2.05, 4.69) is 13.8 Å². The zero-order chi connectivity index (χ0) is 11.0. The van der Waals surface area contributed by atoms with Gasteiger partial charge < -0.3 is 10.2 Å². The van der Waals surface area contributed by atoms with E-state index in [1.165, 1.54) is 12.8 Å². The van der Waals surface area contributed by atoms with Crippen LogP contribution < -0.4 is 0 Å². The molecule has 88 valence electrons. The maximum absolute atomic E-state index is 10.0. The third-order valence-corrected chi connectivity index (χ3v) is 4.91. The molecule has 0 radical (unpaired) electrons. The minimum absolute atomic E-state index is 0.0675. The van der Waals surface area contributed by atoms with Crippen LogP contribution >= 0.6 is 0 Å². The standard InChI is InChI=1S/C13H24O2/c1-8-3-6-12(15)11-5-4-10(13(8)11)9(2)7-14/h8-15H,3-7H2,1-2H3/t8-,9-,10-,11-,12+,13?/m0/s1. The van der Waals surface area contributed by atoms with Gasteiger partial charge in [-0.15, -0.1) is 0 Å². The third-order valence-electron chi connectivity index (χ3n) is 4.91. The maximum Gasteiger partial charge on any atom is 0.0571 e. The van der Waals surface area contributed by atoms with Gasteiger partial charge in [-0.3, -0.25) is 0 Å². The Bertz CT molecular complexity index is 217. The van der Waals surface area contributed by atoms with Crippen molar-refractivity contribution in [3.63, 3.8) is 0 Å². The van der Waals surface area contributed by atoms with Crippen LogP contribution in [-0.4, -0.2) is 22.9 Å². The van der Waals surface area contributed by atoms with Gasteiger partial charge in [-0.2, -0.15) is 0 Å². The average molecular weight is 212 g/mol. The van der Waals surface area contributed by atoms with Crippen LogP contribution in [0.2, 0.25) is 0 Å². The van der Waals surface area contributed by atoms with Gasteiger partial charge in [0.1, 0.15) is 0 Å². The lowest BCUT2D eigenvalue weighted by Crippen LogP contribution is -2.38. The molecule has 0 heterocycles. The summed E-state index contributed by atoms with van der Waals surface area (Å²) in [6.07, 6.45) is 4.46. The summed E-state index contributed by atoms with van der Waals surface area (Å²) in [6.45, 7) is 4.78. The number of hydrogen-bond acceptors (Lipinski definition) is 2. The summed E-state index contributed by atoms with van der Waals surface area (Å²) in [7, 11) is 0. The van der Waals surface area contributed by atoms with Gasteiger partial charge in [0.05, 0.1) is 6.10 Å². The Morgan fingerprint density at radius 3 is 2.60 bits per heavy atom. The number of hydrogen-bond donors (Lipinski definition) is 2. The van der Waals surface area contributed by atoms with Crippen LogP contribution in [0.1, 0.15) is 39.5 Å². The number of rotatable bonds is 2. The van der Waals surface area contributed by atoms with Gasteiger partial charge in [0.2, 0.25) is 0 Å². The number of fused-ring (bicyclic) bond motifs is 1. The van der Waals surface area contributed by atoms with E-state index in [0.29, 0.717) is 30.3 Å². The highest BCUT2D eigenvalue weighted by Crippen LogP contribution is 2.51. The Hall–Kier alpha value is -0.0800. The second-order valence-corrected chi connectivity index (χ2v) is 5.76. The van der Waals surface area contributed by atoms with Crippen LogP contribution in [0.25, 0.3) is 0 Å². The molecule has 2 aliphatic carbocycles. The van der Waals surface area contributed by atoms with Gasteiger partial charge in [0.15, 0.2) is 0 Å². The summed E-state index contributed by atoms with van der Waals surface area (Å²) in [5, 5.41) is 19.3. The number of aliphatic hydroxyl groups is 2. The first-order valence-electron chi connectivity index (χ1n) is 6.44. The zero-order valence-electron chi connectivity index (χ0n) is 9.89. The smallest absolute Gasteiger partial charge is 0.0571 e. The first kappa shape index (κ1) is 11.4. The van der Waals surface area contributed by atoms with Crippen LogP contribution in [0, 0.1) is 29.6 Å². The fourth-order valence-electron chi connectivity index (χ4n) is 4.02. The molecule has 2 saturated carbocycles. The summed E-state index contributed by atoms with van der Waals surface area (Å²) in [5.41, 5.74) is 0. The first-order chi connectivity index (χ1) is 7.15. The molecule has 0 aromatic carbocycles. The van der Waals surface area contributed by atoms with Gasteiger partial charge >= 0.3 is 0 Å². The van der Waals surface area contributed by atoms with Crippen molar-refractivity contribution in [2.45, 2.75) is 45.6 Å². The van der Waals surface area contributed by atoms with Crippen molar-refractivity contribution < 1.29 is 10.2 Å². The van der Waals surface area contributed by atoms with Crippen molar-refractivity contribution in [3.8, 4) is 0 Å². The van der Waals surface area contributed by atoms with E-state index in [1.54, 1.807) is 0 Å². The van der Waals surface area contributed by atoms with Crippen molar-refractivity contribution in [2.24, 2.45) is 29.6 Å². The molecule has 0 saturated heterocycles. The summed E-state index contributed by atoms with van der Waals surface area (Å²) in [5.74, 6) is 2.97. The molecule has 2 nitrogen and oxygen atoms in total. The molecule has 0 aromatic heterocycles. The normalized spacial score (nSPS) is 47.6. The van der Waals surface area contributed by atoms with Crippen LogP contribution in [0.5, 0.6) is 0 Å². The largest absolute Gasteiger partial charge is 0.396 e. The van der Waals surface area contributed by atoms with E-state index in [9.17, 15) is 10.2 Å². The van der Waals surface area contributed by atoms with E-state index in [4.69, 9.17) is 0 Å². The molecule has 2 fully saturated rings. The van der Waals surface area contributed by atoms with E-state index in [0.717, 1.165) is 18.8 Å². The fraction of sp³-hybridized carbons (Fsp3) is 1.00. The van der Waals surface area contributed by atoms with Gasteiger partial charge in [0, 0.05) is 6.61 Å². The van der Waals surface area contributed by atoms with Crippen molar-refractivity contribution in [1.29, 1.82) is 0 Å². The molecule has 6 atom stereocenters. The highest BCUT2D eigenvalue weighted by Gasteiger charge is 2.46. The van der Waals surface area contributed by atoms with Gasteiger partial charge in [-0.1, -0.05) is 13.8 Å². The molecule has 15 heavy (non-hydrogen) atoms. The molecule has 1 unspecified atom stereocenters. The second kappa shape index (κ2) is 4.42. The van der Waals surface area contributed by atoms with Crippen LogP contribution in [0.3, 0.4) is 0 Å². The topological polar surface area (TPSA) is 40.5 Å². The van der Waals surface area contributed by atoms with Gasteiger partial charge in [-0.25, -0.2) is 0 Å². The average Bonchev–Trinajstić information content (AvgIpc) is 2.68. The molecule has 0 spiro atoms. The van der Waals surface area contributed by atoms with Crippen molar-refractivity contribution >= 4 is 0 Å². The first-order valence-corrected chi connectivity index (χ1v) is 6.44. The monoisotopic (exact) mass is 212 g/mol. The zero-order valence-corrected chi connectivity index (χ0v) is 9.89. The van der Waals surface area contributed by atoms with Crippen molar-refractivity contribution in [2.75, 3.05) is 6.61 Å². The highest BCUT2D eigenvalue weighted by atomic mass is 16.3. The molecular formula is C13H24O2. The summed E-state index contributed by atoms with van der Waals surface area (Å²) >= 11 is 0. The molecule has 0 amide bonds. The third kappa shape index (κ3) is 1.94. The van der Waals surface area contributed by atoms with Crippen LogP contribution in [0.15, 0.2) is 0 Å². The van der Waals surface area contributed by atoms with Crippen LogP contribution in [-0.2, 0) is 0 Å². The quantitative estimate of drug-likeness (QED) is 0.735. The lowest BCUT2D eigenvalue weighted by atomic mass is 9.68. The highest BCUT2D eigenvalue weighted by molar-refractivity contribution is 4.95. The molecule has 2 N–H and O–H groups in total.